The maximum absolute atomic E-state index is 13.1. The van der Waals surface area contributed by atoms with Gasteiger partial charge in [-0.2, -0.15) is 13.2 Å². The van der Waals surface area contributed by atoms with E-state index in [1.165, 1.54) is 17.3 Å². The number of hydrogen-bond donors (Lipinski definition) is 2. The molecule has 2 aliphatic rings. The van der Waals surface area contributed by atoms with E-state index in [0.29, 0.717) is 31.7 Å². The van der Waals surface area contributed by atoms with E-state index in [4.69, 9.17) is 10.5 Å². The Morgan fingerprint density at radius 3 is 2.52 bits per heavy atom. The number of methoxy groups -OCH3 is 1. The number of alkyl halides is 3. The van der Waals surface area contributed by atoms with Crippen molar-refractivity contribution < 1.29 is 22.7 Å². The molecule has 162 valence electrons. The van der Waals surface area contributed by atoms with Crippen LogP contribution in [0, 0.1) is 5.41 Å². The number of piperidine rings is 1. The van der Waals surface area contributed by atoms with Crippen LogP contribution in [-0.2, 0) is 9.53 Å². The molecule has 1 saturated carbocycles. The number of ether oxygens (including phenoxy) is 1. The van der Waals surface area contributed by atoms with Crippen LogP contribution >= 0.6 is 0 Å². The van der Waals surface area contributed by atoms with Gasteiger partial charge in [0.25, 0.3) is 0 Å². The third kappa shape index (κ3) is 5.78. The first-order valence-electron chi connectivity index (χ1n) is 9.35. The Morgan fingerprint density at radius 2 is 2.03 bits per heavy atom. The molecule has 0 aromatic heterocycles. The first-order chi connectivity index (χ1) is 13.8. The number of nitrogens with one attached hydrogen (secondary N) is 1. The van der Waals surface area contributed by atoms with Gasteiger partial charge >= 0.3 is 6.18 Å². The number of hydrogen-bond acceptors (Lipinski definition) is 5. The lowest BCUT2D eigenvalue weighted by atomic mass is 10.00. The second-order valence-corrected chi connectivity index (χ2v) is 6.98. The van der Waals surface area contributed by atoms with E-state index < -0.39 is 17.5 Å². The third-order valence-electron chi connectivity index (χ3n) is 5.02. The highest BCUT2D eigenvalue weighted by atomic mass is 19.4. The fourth-order valence-electron chi connectivity index (χ4n) is 3.07. The van der Waals surface area contributed by atoms with Crippen LogP contribution in [0.3, 0.4) is 0 Å². The molecule has 8 nitrogen and oxygen atoms in total. The number of amides is 1. The van der Waals surface area contributed by atoms with Crippen molar-refractivity contribution >= 4 is 24.8 Å². The number of halogens is 3. The molecule has 0 unspecified atom stereocenters. The van der Waals surface area contributed by atoms with Gasteiger partial charge in [0.1, 0.15) is 5.41 Å². The van der Waals surface area contributed by atoms with Crippen molar-refractivity contribution in [2.75, 3.05) is 33.4 Å². The number of rotatable bonds is 7. The van der Waals surface area contributed by atoms with Crippen molar-refractivity contribution in [3.8, 4) is 0 Å². The summed E-state index contributed by atoms with van der Waals surface area (Å²) < 4.78 is 44.3. The lowest BCUT2D eigenvalue weighted by Crippen LogP contribution is -2.47. The van der Waals surface area contributed by atoms with Crippen LogP contribution in [0.5, 0.6) is 0 Å². The van der Waals surface area contributed by atoms with Gasteiger partial charge in [-0.15, -0.1) is 0 Å². The predicted octanol–water partition coefficient (Wildman–Crippen LogP) is 1.48. The molecule has 0 atom stereocenters. The second kappa shape index (κ2) is 9.86. The number of aliphatic imine (C=N–C) groups is 3. The monoisotopic (exact) mass is 416 g/mol. The van der Waals surface area contributed by atoms with Gasteiger partial charge in [0.15, 0.2) is 0 Å². The molecule has 11 heteroatoms. The summed E-state index contributed by atoms with van der Waals surface area (Å²) in [5.41, 5.74) is 3.89. The summed E-state index contributed by atoms with van der Waals surface area (Å²) in [6.45, 7) is 4.78. The van der Waals surface area contributed by atoms with Gasteiger partial charge in [0.05, 0.1) is 24.9 Å². The molecule has 0 bridgehead atoms. The molecule has 1 amide bonds. The fourth-order valence-corrected chi connectivity index (χ4v) is 3.07. The third-order valence-corrected chi connectivity index (χ3v) is 5.02. The fraction of sp³-hybridized carbons (Fsp3) is 0.667. The van der Waals surface area contributed by atoms with Crippen LogP contribution in [0.15, 0.2) is 26.9 Å². The number of allylic oxidation sites excluding steroid dienone is 1. The largest absolute Gasteiger partial charge is 0.403 e. The zero-order valence-corrected chi connectivity index (χ0v) is 16.4. The zero-order valence-electron chi connectivity index (χ0n) is 16.4. The maximum atomic E-state index is 13.1. The molecule has 2 fully saturated rings. The summed E-state index contributed by atoms with van der Waals surface area (Å²) in [7, 11) is 1.56. The van der Waals surface area contributed by atoms with Gasteiger partial charge in [-0.05, 0) is 32.4 Å². The maximum Gasteiger partial charge on any atom is 0.403 e. The molecule has 1 aliphatic heterocycles. The Hall–Kier alpha value is -2.43. The highest BCUT2D eigenvalue weighted by Gasteiger charge is 2.69. The van der Waals surface area contributed by atoms with E-state index in [2.05, 4.69) is 27.0 Å². The van der Waals surface area contributed by atoms with E-state index >= 15 is 0 Å². The number of carbonyl (C=O) groups excluding carboxylic acids is 1. The molecule has 0 radical (unpaired) electrons. The minimum absolute atomic E-state index is 0.109. The van der Waals surface area contributed by atoms with Crippen molar-refractivity contribution in [2.24, 2.45) is 26.1 Å². The Kier molecular flexibility index (Phi) is 7.77. The van der Waals surface area contributed by atoms with Gasteiger partial charge in [-0.3, -0.25) is 9.79 Å². The zero-order chi connectivity index (χ0) is 21.5. The molecular weight excluding hydrogens is 389 g/mol. The molecule has 29 heavy (non-hydrogen) atoms. The normalized spacial score (nSPS) is 20.8. The topological polar surface area (TPSA) is 105 Å². The lowest BCUT2D eigenvalue weighted by Gasteiger charge is -2.33. The number of nitrogens with two attached hydrogens (primary N) is 1. The number of carbonyl (C=O) groups is 1. The summed E-state index contributed by atoms with van der Waals surface area (Å²) >= 11 is 0. The summed E-state index contributed by atoms with van der Waals surface area (Å²) in [6, 6.07) is -0.109. The van der Waals surface area contributed by atoms with Gasteiger partial charge in [-0.25, -0.2) is 9.98 Å². The summed E-state index contributed by atoms with van der Waals surface area (Å²) in [4.78, 5) is 25.9. The van der Waals surface area contributed by atoms with Crippen molar-refractivity contribution in [3.63, 3.8) is 0 Å². The average molecular weight is 416 g/mol. The minimum atomic E-state index is -4.48. The molecule has 1 heterocycles. The van der Waals surface area contributed by atoms with Gasteiger partial charge in [0.2, 0.25) is 11.9 Å². The van der Waals surface area contributed by atoms with Gasteiger partial charge in [0, 0.05) is 32.6 Å². The lowest BCUT2D eigenvalue weighted by molar-refractivity contribution is -0.199. The molecule has 0 aromatic rings. The van der Waals surface area contributed by atoms with E-state index in [1.807, 2.05) is 0 Å². The van der Waals surface area contributed by atoms with Crippen LogP contribution in [-0.4, -0.2) is 75.3 Å². The van der Waals surface area contributed by atoms with Crippen LogP contribution in [0.25, 0.3) is 0 Å². The van der Waals surface area contributed by atoms with E-state index in [0.717, 1.165) is 0 Å². The standard InChI is InChI=1S/C18H27F3N6O2/c1-23-16(24-7-10-29-2)26-14(11-22)12-25-13-3-8-27(9-4-13)15(28)17(5-6-17)18(19,20)21/h11-13H,1,3-10,22H2,2H3,(H,24,26). The molecule has 1 aliphatic carbocycles. The van der Waals surface area contributed by atoms with Crippen LogP contribution in [0.1, 0.15) is 25.7 Å². The Bertz CT molecular complexity index is 678. The number of likely N-dealkylation sites (tertiary alicyclic amines) is 1. The van der Waals surface area contributed by atoms with Gasteiger partial charge in [-0.1, -0.05) is 0 Å². The molecule has 0 spiro atoms. The highest BCUT2D eigenvalue weighted by molar-refractivity contribution is 5.92. The van der Waals surface area contributed by atoms with Gasteiger partial charge < -0.3 is 20.7 Å². The van der Waals surface area contributed by atoms with E-state index in [9.17, 15) is 18.0 Å². The van der Waals surface area contributed by atoms with Crippen LogP contribution < -0.4 is 11.1 Å². The van der Waals surface area contributed by atoms with Crippen molar-refractivity contribution in [3.05, 3.63) is 11.9 Å². The van der Waals surface area contributed by atoms with Crippen LogP contribution in [0.2, 0.25) is 0 Å². The smallest absolute Gasteiger partial charge is 0.403 e. The first-order valence-corrected chi connectivity index (χ1v) is 9.35. The molecular formula is C18H27F3N6O2. The predicted molar refractivity (Wildman–Crippen MR) is 105 cm³/mol. The summed E-state index contributed by atoms with van der Waals surface area (Å²) in [6.07, 6.45) is -0.903. The van der Waals surface area contributed by atoms with Crippen LogP contribution in [0.4, 0.5) is 13.2 Å². The second-order valence-electron chi connectivity index (χ2n) is 6.98. The Morgan fingerprint density at radius 1 is 1.38 bits per heavy atom. The van der Waals surface area contributed by atoms with Crippen molar-refractivity contribution in [2.45, 2.75) is 37.9 Å². The molecule has 3 N–H and O–H groups in total. The first kappa shape index (κ1) is 22.9. The minimum Gasteiger partial charge on any atom is -0.403 e. The Labute approximate surface area is 167 Å². The molecule has 1 saturated heterocycles. The molecule has 0 aromatic carbocycles. The Balaban J connectivity index is 1.86. The van der Waals surface area contributed by atoms with Crippen molar-refractivity contribution in [1.29, 1.82) is 0 Å². The van der Waals surface area contributed by atoms with E-state index in [-0.39, 0.29) is 37.9 Å². The number of nitrogens with zero attached hydrogens (tertiary/aromatic N) is 4. The van der Waals surface area contributed by atoms with Crippen molar-refractivity contribution in [1.82, 2.24) is 10.2 Å². The average Bonchev–Trinajstić information content (AvgIpc) is 3.52. The quantitative estimate of drug-likeness (QED) is 0.373. The number of guanidine groups is 1. The SMILES string of the molecule is C=NC(=NCCOC)NC(C=NC1CCN(C(=O)C2(C(F)(F)F)CC2)CC1)=CN. The summed E-state index contributed by atoms with van der Waals surface area (Å²) in [5.74, 6) is -0.530. The summed E-state index contributed by atoms with van der Waals surface area (Å²) in [5, 5.41) is 2.89. The van der Waals surface area contributed by atoms with E-state index in [1.54, 1.807) is 7.11 Å². The molecule has 2 rings (SSSR count). The highest BCUT2D eigenvalue weighted by Crippen LogP contribution is 2.58.